The predicted octanol–water partition coefficient (Wildman–Crippen LogP) is 3.38. The molecule has 174 valence electrons. The Morgan fingerprint density at radius 3 is 2.79 bits per heavy atom. The maximum Gasteiger partial charge on any atom is 0.268 e. The first-order valence-corrected chi connectivity index (χ1v) is 13.3. The van der Waals surface area contributed by atoms with Gasteiger partial charge >= 0.3 is 0 Å². The normalized spacial score (nSPS) is 21.5. The highest BCUT2D eigenvalue weighted by molar-refractivity contribution is 7.90. The molecule has 2 fully saturated rings. The van der Waals surface area contributed by atoms with Crippen LogP contribution in [0.25, 0.3) is 10.9 Å². The van der Waals surface area contributed by atoms with Gasteiger partial charge in [-0.3, -0.25) is 4.90 Å². The maximum absolute atomic E-state index is 13.6. The minimum absolute atomic E-state index is 0.246. The van der Waals surface area contributed by atoms with Crippen LogP contribution in [0.3, 0.4) is 0 Å². The van der Waals surface area contributed by atoms with Crippen LogP contribution < -0.4 is 14.5 Å². The second-order valence-corrected chi connectivity index (χ2v) is 11.2. The summed E-state index contributed by atoms with van der Waals surface area (Å²) >= 11 is 0. The lowest BCUT2D eigenvalue weighted by molar-refractivity contribution is 0.133. The third-order valence-corrected chi connectivity index (χ3v) is 9.11. The van der Waals surface area contributed by atoms with Crippen molar-refractivity contribution < 1.29 is 13.2 Å². The number of likely N-dealkylation sites (N-methyl/N-ethyl adjacent to an activating group) is 1. The molecule has 4 heterocycles. The van der Waals surface area contributed by atoms with Crippen LogP contribution in [-0.2, 0) is 10.0 Å². The van der Waals surface area contributed by atoms with Gasteiger partial charge < -0.3 is 14.5 Å². The quantitative estimate of drug-likeness (QED) is 0.590. The van der Waals surface area contributed by atoms with Gasteiger partial charge in [0.25, 0.3) is 10.0 Å². The van der Waals surface area contributed by atoms with Gasteiger partial charge in [-0.25, -0.2) is 12.4 Å². The van der Waals surface area contributed by atoms with Crippen molar-refractivity contribution in [1.82, 2.24) is 8.87 Å². The molecule has 3 aliphatic heterocycles. The fourth-order valence-electron chi connectivity index (χ4n) is 5.50. The van der Waals surface area contributed by atoms with Gasteiger partial charge in [0.15, 0.2) is 0 Å². The molecule has 0 amide bonds. The fraction of sp³-hybridized carbons (Fsp3) is 0.440. The van der Waals surface area contributed by atoms with Gasteiger partial charge in [0.1, 0.15) is 12.4 Å². The van der Waals surface area contributed by atoms with Crippen molar-refractivity contribution in [2.45, 2.75) is 30.2 Å². The van der Waals surface area contributed by atoms with Gasteiger partial charge in [0.2, 0.25) is 0 Å². The lowest BCUT2D eigenvalue weighted by atomic mass is 9.99. The Kier molecular flexibility index (Phi) is 5.03. The van der Waals surface area contributed by atoms with Gasteiger partial charge in [-0.2, -0.15) is 0 Å². The lowest BCUT2D eigenvalue weighted by Gasteiger charge is -2.45. The van der Waals surface area contributed by atoms with Crippen LogP contribution in [0.1, 0.15) is 19.3 Å². The second-order valence-electron chi connectivity index (χ2n) is 9.39. The van der Waals surface area contributed by atoms with E-state index in [0.29, 0.717) is 23.9 Å². The first kappa shape index (κ1) is 20.9. The Morgan fingerprint density at radius 1 is 0.970 bits per heavy atom. The van der Waals surface area contributed by atoms with Crippen molar-refractivity contribution in [3.05, 3.63) is 48.7 Å². The van der Waals surface area contributed by atoms with Gasteiger partial charge in [-0.1, -0.05) is 12.5 Å². The van der Waals surface area contributed by atoms with Crippen molar-refractivity contribution in [3.63, 3.8) is 0 Å². The molecule has 1 unspecified atom stereocenters. The maximum atomic E-state index is 13.6. The first-order chi connectivity index (χ1) is 16.0. The predicted molar refractivity (Wildman–Crippen MR) is 131 cm³/mol. The Bertz CT molecular complexity index is 1300. The van der Waals surface area contributed by atoms with Gasteiger partial charge in [-0.15, -0.1) is 0 Å². The molecule has 6 rings (SSSR count). The van der Waals surface area contributed by atoms with E-state index in [1.165, 1.54) is 29.8 Å². The van der Waals surface area contributed by atoms with E-state index in [1.54, 1.807) is 18.3 Å². The Hall–Kier alpha value is -2.71. The average Bonchev–Trinajstić information content (AvgIpc) is 3.28. The molecule has 0 N–H and O–H groups in total. The fourth-order valence-corrected chi connectivity index (χ4v) is 6.86. The molecule has 2 aromatic carbocycles. The number of piperidine rings is 1. The Balaban J connectivity index is 1.35. The highest BCUT2D eigenvalue weighted by Gasteiger charge is 2.29. The number of hydrogen-bond acceptors (Lipinski definition) is 6. The summed E-state index contributed by atoms with van der Waals surface area (Å²) in [6, 6.07) is 13.8. The molecule has 0 saturated carbocycles. The largest absolute Gasteiger partial charge is 0.490 e. The molecule has 1 aromatic heterocycles. The van der Waals surface area contributed by atoms with Crippen LogP contribution in [0.5, 0.6) is 5.75 Å². The standard InChI is InChI=1S/C25H30N4O3S/c1-26-14-15-32-25-17-22(7-8-23(25)26)33(30,31)29-11-9-19-5-6-20(16-24(19)29)28-13-12-27-10-3-2-4-21(27)18-28/h5-9,11,16-17,21H,2-4,10,12-15,18H2,1H3. The number of nitrogens with zero attached hydrogens (tertiary/aromatic N) is 4. The molecule has 0 spiro atoms. The number of fused-ring (bicyclic) bond motifs is 3. The van der Waals surface area contributed by atoms with E-state index < -0.39 is 10.0 Å². The number of piperazine rings is 1. The highest BCUT2D eigenvalue weighted by atomic mass is 32.2. The number of hydrogen-bond donors (Lipinski definition) is 0. The third kappa shape index (κ3) is 3.56. The third-order valence-electron chi connectivity index (χ3n) is 7.43. The molecular weight excluding hydrogens is 436 g/mol. The molecule has 0 bridgehead atoms. The zero-order valence-corrected chi connectivity index (χ0v) is 19.8. The molecule has 8 heteroatoms. The number of rotatable bonds is 3. The molecule has 2 saturated heterocycles. The number of benzene rings is 2. The summed E-state index contributed by atoms with van der Waals surface area (Å²) in [7, 11) is -1.76. The van der Waals surface area contributed by atoms with Crippen molar-refractivity contribution >= 4 is 32.3 Å². The average molecular weight is 467 g/mol. The lowest BCUT2D eigenvalue weighted by Crippen LogP contribution is -2.54. The Labute approximate surface area is 195 Å². The molecule has 0 radical (unpaired) electrons. The summed E-state index contributed by atoms with van der Waals surface area (Å²) in [4.78, 5) is 7.36. The zero-order valence-electron chi connectivity index (χ0n) is 19.0. The monoisotopic (exact) mass is 466 g/mol. The summed E-state index contributed by atoms with van der Waals surface area (Å²) < 4.78 is 34.4. The van der Waals surface area contributed by atoms with E-state index in [1.807, 2.05) is 31.3 Å². The smallest absolute Gasteiger partial charge is 0.268 e. The van der Waals surface area contributed by atoms with E-state index in [4.69, 9.17) is 4.74 Å². The summed E-state index contributed by atoms with van der Waals surface area (Å²) in [5.41, 5.74) is 2.73. The molecule has 33 heavy (non-hydrogen) atoms. The van der Waals surface area contributed by atoms with Crippen LogP contribution in [0.4, 0.5) is 11.4 Å². The van der Waals surface area contributed by atoms with E-state index in [2.05, 4.69) is 20.8 Å². The molecule has 0 aliphatic carbocycles. The van der Waals surface area contributed by atoms with Crippen LogP contribution in [0.2, 0.25) is 0 Å². The van der Waals surface area contributed by atoms with Crippen LogP contribution in [0.15, 0.2) is 53.6 Å². The topological polar surface area (TPSA) is 58.0 Å². The zero-order chi connectivity index (χ0) is 22.6. The second kappa shape index (κ2) is 7.95. The van der Waals surface area contributed by atoms with E-state index >= 15 is 0 Å². The van der Waals surface area contributed by atoms with Crippen LogP contribution in [-0.4, -0.2) is 69.7 Å². The van der Waals surface area contributed by atoms with E-state index in [9.17, 15) is 8.42 Å². The highest BCUT2D eigenvalue weighted by Crippen LogP contribution is 2.35. The van der Waals surface area contributed by atoms with E-state index in [0.717, 1.165) is 42.9 Å². The molecular formula is C25H30N4O3S. The molecule has 1 atom stereocenters. The van der Waals surface area contributed by atoms with Crippen LogP contribution >= 0.6 is 0 Å². The molecule has 3 aliphatic rings. The Morgan fingerprint density at radius 2 is 1.88 bits per heavy atom. The summed E-state index contributed by atoms with van der Waals surface area (Å²) in [6.45, 7) is 5.61. The number of anilines is 2. The van der Waals surface area contributed by atoms with E-state index in [-0.39, 0.29) is 4.90 Å². The van der Waals surface area contributed by atoms with Gasteiger partial charge in [0.05, 0.1) is 22.6 Å². The number of ether oxygens (including phenoxy) is 1. The van der Waals surface area contributed by atoms with Crippen LogP contribution in [0, 0.1) is 0 Å². The first-order valence-electron chi connectivity index (χ1n) is 11.8. The van der Waals surface area contributed by atoms with Gasteiger partial charge in [-0.05, 0) is 49.7 Å². The minimum atomic E-state index is -3.75. The molecule has 3 aromatic rings. The minimum Gasteiger partial charge on any atom is -0.490 e. The summed E-state index contributed by atoms with van der Waals surface area (Å²) in [5.74, 6) is 0.618. The summed E-state index contributed by atoms with van der Waals surface area (Å²) in [5, 5.41) is 0.924. The van der Waals surface area contributed by atoms with Crippen molar-refractivity contribution in [1.29, 1.82) is 0 Å². The number of aromatic nitrogens is 1. The van der Waals surface area contributed by atoms with Gasteiger partial charge in [0, 0.05) is 56.1 Å². The molecule has 7 nitrogen and oxygen atoms in total. The van der Waals surface area contributed by atoms with Crippen molar-refractivity contribution in [2.24, 2.45) is 0 Å². The van der Waals surface area contributed by atoms with Crippen molar-refractivity contribution in [2.75, 3.05) is 56.2 Å². The SMILES string of the molecule is CN1CCOc2cc(S(=O)(=O)n3ccc4ccc(N5CCN6CCCCC6C5)cc43)ccc21. The summed E-state index contributed by atoms with van der Waals surface area (Å²) in [6.07, 6.45) is 5.52. The van der Waals surface area contributed by atoms with Crippen molar-refractivity contribution in [3.8, 4) is 5.75 Å².